The van der Waals surface area contributed by atoms with Crippen LogP contribution >= 0.6 is 0 Å². The molecule has 0 bridgehead atoms. The van der Waals surface area contributed by atoms with Gasteiger partial charge < -0.3 is 5.11 Å². The molecule has 0 heterocycles. The van der Waals surface area contributed by atoms with E-state index in [0.717, 1.165) is 12.8 Å². The fourth-order valence-corrected chi connectivity index (χ4v) is 3.30. The molecule has 0 saturated heterocycles. The molecule has 3 heteroatoms. The molecule has 1 N–H and O–H groups in total. The number of hydrogen-bond donors (Lipinski definition) is 1. The molecule has 0 aromatic heterocycles. The summed E-state index contributed by atoms with van der Waals surface area (Å²) in [5.74, 6) is 1.01. The molecule has 2 unspecified atom stereocenters. The molecule has 2 fully saturated rings. The first-order valence-electron chi connectivity index (χ1n) is 7.24. The summed E-state index contributed by atoms with van der Waals surface area (Å²) < 4.78 is 0. The fraction of sp³-hybridized carbons (Fsp3) is 1.00. The number of azo groups is 1. The van der Waals surface area contributed by atoms with E-state index >= 15 is 0 Å². The van der Waals surface area contributed by atoms with Crippen molar-refractivity contribution >= 4 is 0 Å². The summed E-state index contributed by atoms with van der Waals surface area (Å²) in [6.45, 7) is 3.97. The van der Waals surface area contributed by atoms with Gasteiger partial charge in [0.15, 0.2) is 5.72 Å². The van der Waals surface area contributed by atoms with Gasteiger partial charge in [-0.2, -0.15) is 10.2 Å². The van der Waals surface area contributed by atoms with Crippen LogP contribution in [0, 0.1) is 11.8 Å². The van der Waals surface area contributed by atoms with E-state index in [-0.39, 0.29) is 6.04 Å². The summed E-state index contributed by atoms with van der Waals surface area (Å²) in [6, 6.07) is 0.283. The predicted octanol–water partition coefficient (Wildman–Crippen LogP) is 3.92. The van der Waals surface area contributed by atoms with Gasteiger partial charge in [0.25, 0.3) is 0 Å². The summed E-state index contributed by atoms with van der Waals surface area (Å²) in [4.78, 5) is 0. The van der Waals surface area contributed by atoms with E-state index in [1.54, 1.807) is 0 Å². The van der Waals surface area contributed by atoms with Crippen molar-refractivity contribution in [1.29, 1.82) is 0 Å². The Kier molecular flexibility index (Phi) is 4.18. The third-order valence-corrected chi connectivity index (χ3v) is 4.65. The zero-order valence-electron chi connectivity index (χ0n) is 11.2. The highest BCUT2D eigenvalue weighted by molar-refractivity contribution is 4.84. The average molecular weight is 238 g/mol. The minimum Gasteiger partial charge on any atom is -0.368 e. The molecule has 17 heavy (non-hydrogen) atoms. The van der Waals surface area contributed by atoms with Crippen LogP contribution in [-0.4, -0.2) is 16.9 Å². The molecule has 2 saturated carbocycles. The number of hydrogen-bond acceptors (Lipinski definition) is 3. The van der Waals surface area contributed by atoms with Crippen molar-refractivity contribution in [3.8, 4) is 0 Å². The van der Waals surface area contributed by atoms with Crippen molar-refractivity contribution in [2.24, 2.45) is 22.1 Å². The zero-order valence-corrected chi connectivity index (χ0v) is 11.2. The van der Waals surface area contributed by atoms with Gasteiger partial charge in [-0.3, -0.25) is 0 Å². The minimum absolute atomic E-state index is 0.283. The van der Waals surface area contributed by atoms with Gasteiger partial charge in [0, 0.05) is 5.92 Å². The Hall–Kier alpha value is -0.440. The molecule has 0 aliphatic heterocycles. The minimum atomic E-state index is -0.927. The van der Waals surface area contributed by atoms with E-state index in [9.17, 15) is 5.11 Å². The fourth-order valence-electron chi connectivity index (χ4n) is 3.30. The Bertz CT molecular complexity index is 263. The lowest BCUT2D eigenvalue weighted by Crippen LogP contribution is -2.30. The van der Waals surface area contributed by atoms with Gasteiger partial charge in [-0.15, -0.1) is 0 Å². The molecule has 2 rings (SSSR count). The van der Waals surface area contributed by atoms with Crippen molar-refractivity contribution in [3.05, 3.63) is 0 Å². The monoisotopic (exact) mass is 238 g/mol. The highest BCUT2D eigenvalue weighted by atomic mass is 16.3. The topological polar surface area (TPSA) is 45.0 Å². The first-order valence-corrected chi connectivity index (χ1v) is 7.24. The number of aliphatic hydroxyl groups is 1. The molecule has 2 atom stereocenters. The third kappa shape index (κ3) is 3.27. The molecule has 0 radical (unpaired) electrons. The highest BCUT2D eigenvalue weighted by Crippen LogP contribution is 2.36. The summed E-state index contributed by atoms with van der Waals surface area (Å²) in [6.07, 6.45) is 9.90. The Labute approximate surface area is 105 Å². The lowest BCUT2D eigenvalue weighted by atomic mass is 9.96. The van der Waals surface area contributed by atoms with E-state index in [4.69, 9.17) is 0 Å². The summed E-state index contributed by atoms with van der Waals surface area (Å²) in [5.41, 5.74) is -0.927. The SMILES string of the molecule is CC(/N=N/C(C)(O)C1CCCC1)C1CCCC1. The van der Waals surface area contributed by atoms with Crippen LogP contribution in [0.1, 0.15) is 65.2 Å². The van der Waals surface area contributed by atoms with Gasteiger partial charge in [-0.25, -0.2) is 0 Å². The normalized spacial score (nSPS) is 28.9. The van der Waals surface area contributed by atoms with Crippen LogP contribution in [-0.2, 0) is 0 Å². The van der Waals surface area contributed by atoms with Gasteiger partial charge in [0.2, 0.25) is 0 Å². The van der Waals surface area contributed by atoms with Crippen LogP contribution in [0.4, 0.5) is 0 Å². The Morgan fingerprint density at radius 3 is 2.18 bits per heavy atom. The van der Waals surface area contributed by atoms with E-state index in [1.165, 1.54) is 38.5 Å². The second kappa shape index (κ2) is 5.47. The van der Waals surface area contributed by atoms with Gasteiger partial charge in [-0.1, -0.05) is 25.7 Å². The van der Waals surface area contributed by atoms with Crippen molar-refractivity contribution < 1.29 is 5.11 Å². The maximum absolute atomic E-state index is 10.3. The highest BCUT2D eigenvalue weighted by Gasteiger charge is 2.34. The van der Waals surface area contributed by atoms with E-state index in [1.807, 2.05) is 6.92 Å². The summed E-state index contributed by atoms with van der Waals surface area (Å²) in [7, 11) is 0. The lowest BCUT2D eigenvalue weighted by molar-refractivity contribution is 0.00138. The zero-order chi connectivity index (χ0) is 12.3. The molecule has 2 aliphatic rings. The van der Waals surface area contributed by atoms with Crippen molar-refractivity contribution in [1.82, 2.24) is 0 Å². The molecule has 0 aromatic carbocycles. The van der Waals surface area contributed by atoms with Gasteiger partial charge in [-0.05, 0) is 45.4 Å². The average Bonchev–Trinajstić information content (AvgIpc) is 2.97. The molecular weight excluding hydrogens is 212 g/mol. The van der Waals surface area contributed by atoms with E-state index in [0.29, 0.717) is 11.8 Å². The van der Waals surface area contributed by atoms with E-state index in [2.05, 4.69) is 17.2 Å². The molecule has 0 aromatic rings. The van der Waals surface area contributed by atoms with Crippen LogP contribution in [0.25, 0.3) is 0 Å². The molecule has 3 nitrogen and oxygen atoms in total. The van der Waals surface area contributed by atoms with Crippen molar-refractivity contribution in [3.63, 3.8) is 0 Å². The van der Waals surface area contributed by atoms with Crippen LogP contribution in [0.3, 0.4) is 0 Å². The number of rotatable bonds is 4. The van der Waals surface area contributed by atoms with Crippen molar-refractivity contribution in [2.45, 2.75) is 77.0 Å². The van der Waals surface area contributed by atoms with Gasteiger partial charge in [0.1, 0.15) is 0 Å². The molecule has 0 amide bonds. The smallest absolute Gasteiger partial charge is 0.176 e. The summed E-state index contributed by atoms with van der Waals surface area (Å²) in [5, 5.41) is 19.0. The van der Waals surface area contributed by atoms with Crippen molar-refractivity contribution in [2.75, 3.05) is 0 Å². The first-order chi connectivity index (χ1) is 8.09. The standard InChI is InChI=1S/C14H26N2O/c1-11(12-7-3-4-8-12)15-16-14(2,17)13-9-5-6-10-13/h11-13,17H,3-10H2,1-2H3/b16-15+. The maximum Gasteiger partial charge on any atom is 0.176 e. The molecule has 0 spiro atoms. The van der Waals surface area contributed by atoms with Crippen LogP contribution in [0.15, 0.2) is 10.2 Å². The largest absolute Gasteiger partial charge is 0.368 e. The van der Waals surface area contributed by atoms with E-state index < -0.39 is 5.72 Å². The maximum atomic E-state index is 10.3. The Morgan fingerprint density at radius 2 is 1.59 bits per heavy atom. The van der Waals surface area contributed by atoms with Crippen LogP contribution in [0.2, 0.25) is 0 Å². The van der Waals surface area contributed by atoms with Gasteiger partial charge >= 0.3 is 0 Å². The Morgan fingerprint density at radius 1 is 1.06 bits per heavy atom. The summed E-state index contributed by atoms with van der Waals surface area (Å²) >= 11 is 0. The second-order valence-corrected chi connectivity index (χ2v) is 6.08. The lowest BCUT2D eigenvalue weighted by Gasteiger charge is -2.25. The third-order valence-electron chi connectivity index (χ3n) is 4.65. The van der Waals surface area contributed by atoms with Gasteiger partial charge in [0.05, 0.1) is 6.04 Å². The van der Waals surface area contributed by atoms with Crippen LogP contribution in [0.5, 0.6) is 0 Å². The first kappa shape index (κ1) is 13.0. The van der Waals surface area contributed by atoms with Crippen LogP contribution < -0.4 is 0 Å². The molecular formula is C14H26N2O. The molecule has 2 aliphatic carbocycles. The number of nitrogens with zero attached hydrogens (tertiary/aromatic N) is 2. The Balaban J connectivity index is 1.88. The quantitative estimate of drug-likeness (QED) is 0.741. The molecule has 98 valence electrons. The second-order valence-electron chi connectivity index (χ2n) is 6.08. The predicted molar refractivity (Wildman–Crippen MR) is 68.9 cm³/mol.